The van der Waals surface area contributed by atoms with E-state index in [4.69, 9.17) is 14.2 Å². The fraction of sp³-hybridized carbons (Fsp3) is 0.689. The van der Waals surface area contributed by atoms with E-state index in [-0.39, 0.29) is 31.1 Å². The minimum Gasteiger partial charge on any atom is -0.462 e. The molecule has 0 N–H and O–H groups in total. The Morgan fingerprint density at radius 2 is 0.537 bits per heavy atom. The first-order valence-electron chi connectivity index (χ1n) is 27.7. The maximum atomic E-state index is 12.8. The van der Waals surface area contributed by atoms with Crippen molar-refractivity contribution >= 4 is 17.9 Å². The van der Waals surface area contributed by atoms with E-state index in [0.717, 1.165) is 135 Å². The fourth-order valence-electron chi connectivity index (χ4n) is 7.31. The van der Waals surface area contributed by atoms with Crippen LogP contribution in [-0.2, 0) is 28.6 Å². The van der Waals surface area contributed by atoms with E-state index in [1.807, 2.05) is 0 Å². The summed E-state index contributed by atoms with van der Waals surface area (Å²) in [6, 6.07) is 0. The molecule has 0 aromatic rings. The van der Waals surface area contributed by atoms with E-state index in [1.165, 1.54) is 77.0 Å². The highest BCUT2D eigenvalue weighted by atomic mass is 16.6. The molecular weight excluding hydrogens is 829 g/mol. The Balaban J connectivity index is 4.50. The van der Waals surface area contributed by atoms with E-state index in [0.29, 0.717) is 19.3 Å². The van der Waals surface area contributed by atoms with Crippen molar-refractivity contribution in [2.24, 2.45) is 0 Å². The van der Waals surface area contributed by atoms with Gasteiger partial charge in [0, 0.05) is 19.3 Å². The Hall–Kier alpha value is -3.67. The predicted octanol–water partition coefficient (Wildman–Crippen LogP) is 18.5. The summed E-state index contributed by atoms with van der Waals surface area (Å²) in [5.41, 5.74) is 0. The zero-order chi connectivity index (χ0) is 48.6. The van der Waals surface area contributed by atoms with Crippen LogP contribution in [0.15, 0.2) is 97.2 Å². The standard InChI is InChI=1S/C61H102O6/c1-4-7-10-13-16-19-22-25-28-30-33-35-38-41-44-47-50-53-59(62)65-56-58(67-61(64)55-52-49-46-43-40-37-32-27-24-21-18-15-12-9-6-3)57-66-60(63)54-51-48-45-42-39-36-34-31-29-26-23-20-17-14-11-8-5-2/h16-21,25-29,32-36,58H,4-15,22-24,30-31,37-57H2,1-3H3/b19-16-,20-17-,21-18-,28-25-,29-26-,32-27-,35-33-,36-34-. The average Bonchev–Trinajstić information content (AvgIpc) is 3.33. The Morgan fingerprint density at radius 3 is 0.836 bits per heavy atom. The number of ether oxygens (including phenoxy) is 3. The number of esters is 3. The van der Waals surface area contributed by atoms with Crippen LogP contribution in [0, 0.1) is 0 Å². The number of hydrogen-bond donors (Lipinski definition) is 0. The Labute approximate surface area is 413 Å². The molecule has 0 rings (SSSR count). The van der Waals surface area contributed by atoms with Gasteiger partial charge in [-0.25, -0.2) is 0 Å². The van der Waals surface area contributed by atoms with E-state index >= 15 is 0 Å². The Kier molecular flexibility index (Phi) is 51.9. The monoisotopic (exact) mass is 931 g/mol. The Morgan fingerprint density at radius 1 is 0.299 bits per heavy atom. The highest BCUT2D eigenvalue weighted by Gasteiger charge is 2.19. The molecule has 0 spiro atoms. The SMILES string of the molecule is CCCCC/C=C\C/C=C\C/C=C\CCCCCCC(=O)OCC(COC(=O)CCCCCC/C=C\C/C=C\C/C=C\CCCCC)OC(=O)CCCCCCC/C=C\C/C=C\CCCCC. The number of rotatable bonds is 49. The smallest absolute Gasteiger partial charge is 0.306 e. The topological polar surface area (TPSA) is 78.9 Å². The van der Waals surface area contributed by atoms with Crippen LogP contribution < -0.4 is 0 Å². The summed E-state index contributed by atoms with van der Waals surface area (Å²) in [5.74, 6) is -0.958. The minimum atomic E-state index is -0.805. The third-order valence-corrected chi connectivity index (χ3v) is 11.5. The first-order valence-corrected chi connectivity index (χ1v) is 27.7. The first-order chi connectivity index (χ1) is 33.0. The molecule has 0 aliphatic carbocycles. The van der Waals surface area contributed by atoms with Gasteiger partial charge in [0.25, 0.3) is 0 Å². The van der Waals surface area contributed by atoms with Gasteiger partial charge in [-0.2, -0.15) is 0 Å². The Bertz CT molecular complexity index is 1270. The summed E-state index contributed by atoms with van der Waals surface area (Å²) in [4.78, 5) is 38.1. The lowest BCUT2D eigenvalue weighted by Gasteiger charge is -2.18. The van der Waals surface area contributed by atoms with Crippen molar-refractivity contribution in [1.29, 1.82) is 0 Å². The number of hydrogen-bond acceptors (Lipinski definition) is 6. The first kappa shape index (κ1) is 63.3. The summed E-state index contributed by atoms with van der Waals surface area (Å²) in [6.45, 7) is 6.50. The second-order valence-corrected chi connectivity index (χ2v) is 18.1. The van der Waals surface area contributed by atoms with Gasteiger partial charge in [0.15, 0.2) is 6.10 Å². The molecule has 0 saturated carbocycles. The number of carbonyl (C=O) groups excluding carboxylic acids is 3. The molecule has 0 bridgehead atoms. The molecule has 0 radical (unpaired) electrons. The van der Waals surface area contributed by atoms with Crippen molar-refractivity contribution in [2.45, 2.75) is 258 Å². The molecule has 0 atom stereocenters. The summed E-state index contributed by atoms with van der Waals surface area (Å²) < 4.78 is 16.8. The van der Waals surface area contributed by atoms with Crippen LogP contribution in [0.5, 0.6) is 0 Å². The van der Waals surface area contributed by atoms with E-state index < -0.39 is 6.10 Å². The van der Waals surface area contributed by atoms with Gasteiger partial charge in [0.05, 0.1) is 0 Å². The molecule has 0 heterocycles. The quantitative estimate of drug-likeness (QED) is 0.0262. The summed E-state index contributed by atoms with van der Waals surface area (Å²) >= 11 is 0. The summed E-state index contributed by atoms with van der Waals surface area (Å²) in [6.07, 6.45) is 72.4. The van der Waals surface area contributed by atoms with Gasteiger partial charge < -0.3 is 14.2 Å². The van der Waals surface area contributed by atoms with Crippen LogP contribution in [0.3, 0.4) is 0 Å². The summed E-state index contributed by atoms with van der Waals surface area (Å²) in [5, 5.41) is 0. The van der Waals surface area contributed by atoms with Crippen molar-refractivity contribution in [2.75, 3.05) is 13.2 Å². The van der Waals surface area contributed by atoms with E-state index in [2.05, 4.69) is 118 Å². The van der Waals surface area contributed by atoms with Crippen LogP contribution >= 0.6 is 0 Å². The van der Waals surface area contributed by atoms with E-state index in [9.17, 15) is 14.4 Å². The van der Waals surface area contributed by atoms with Crippen molar-refractivity contribution < 1.29 is 28.6 Å². The van der Waals surface area contributed by atoms with Crippen LogP contribution in [0.25, 0.3) is 0 Å². The number of carbonyl (C=O) groups is 3. The molecule has 0 aromatic heterocycles. The molecule has 0 unspecified atom stereocenters. The molecule has 0 saturated heterocycles. The maximum absolute atomic E-state index is 12.8. The molecule has 67 heavy (non-hydrogen) atoms. The molecule has 0 fully saturated rings. The van der Waals surface area contributed by atoms with Gasteiger partial charge in [-0.05, 0) is 128 Å². The van der Waals surface area contributed by atoms with Gasteiger partial charge >= 0.3 is 17.9 Å². The number of unbranched alkanes of at least 4 members (excludes halogenated alkanes) is 22. The molecule has 382 valence electrons. The lowest BCUT2D eigenvalue weighted by Crippen LogP contribution is -2.30. The minimum absolute atomic E-state index is 0.103. The number of allylic oxidation sites excluding steroid dienone is 16. The third kappa shape index (κ3) is 53.2. The second kappa shape index (κ2) is 54.9. The van der Waals surface area contributed by atoms with Gasteiger partial charge in [-0.3, -0.25) is 14.4 Å². The van der Waals surface area contributed by atoms with E-state index in [1.54, 1.807) is 0 Å². The van der Waals surface area contributed by atoms with Gasteiger partial charge in [-0.1, -0.05) is 201 Å². The maximum Gasteiger partial charge on any atom is 0.306 e. The predicted molar refractivity (Wildman–Crippen MR) is 288 cm³/mol. The third-order valence-electron chi connectivity index (χ3n) is 11.5. The molecule has 0 amide bonds. The highest BCUT2D eigenvalue weighted by Crippen LogP contribution is 2.13. The van der Waals surface area contributed by atoms with Crippen LogP contribution in [0.4, 0.5) is 0 Å². The van der Waals surface area contributed by atoms with Crippen molar-refractivity contribution in [3.8, 4) is 0 Å². The highest BCUT2D eigenvalue weighted by molar-refractivity contribution is 5.71. The zero-order valence-corrected chi connectivity index (χ0v) is 43.6. The zero-order valence-electron chi connectivity index (χ0n) is 43.6. The van der Waals surface area contributed by atoms with Crippen molar-refractivity contribution in [3.63, 3.8) is 0 Å². The lowest BCUT2D eigenvalue weighted by molar-refractivity contribution is -0.167. The lowest BCUT2D eigenvalue weighted by atomic mass is 10.1. The van der Waals surface area contributed by atoms with Crippen molar-refractivity contribution in [3.05, 3.63) is 97.2 Å². The van der Waals surface area contributed by atoms with Crippen LogP contribution in [0.1, 0.15) is 252 Å². The van der Waals surface area contributed by atoms with Crippen molar-refractivity contribution in [1.82, 2.24) is 0 Å². The molecule has 0 aliphatic heterocycles. The second-order valence-electron chi connectivity index (χ2n) is 18.1. The summed E-state index contributed by atoms with van der Waals surface area (Å²) in [7, 11) is 0. The molecule has 6 heteroatoms. The average molecular weight is 931 g/mol. The molecule has 0 aliphatic rings. The molecular formula is C61H102O6. The van der Waals surface area contributed by atoms with Gasteiger partial charge in [0.1, 0.15) is 13.2 Å². The van der Waals surface area contributed by atoms with Crippen LogP contribution in [-0.4, -0.2) is 37.2 Å². The van der Waals surface area contributed by atoms with Crippen LogP contribution in [0.2, 0.25) is 0 Å². The molecule has 0 aromatic carbocycles. The van der Waals surface area contributed by atoms with Gasteiger partial charge in [-0.15, -0.1) is 0 Å². The fourth-order valence-corrected chi connectivity index (χ4v) is 7.31. The van der Waals surface area contributed by atoms with Gasteiger partial charge in [0.2, 0.25) is 0 Å². The normalized spacial score (nSPS) is 12.4. The molecule has 6 nitrogen and oxygen atoms in total. The largest absolute Gasteiger partial charge is 0.462 e.